The minimum absolute atomic E-state index is 0.392. The summed E-state index contributed by atoms with van der Waals surface area (Å²) in [6, 6.07) is 17.8. The molecule has 18 heavy (non-hydrogen) atoms. The van der Waals surface area contributed by atoms with Gasteiger partial charge < -0.3 is 10.5 Å². The Morgan fingerprint density at radius 3 is 2.56 bits per heavy atom. The van der Waals surface area contributed by atoms with Crippen LogP contribution in [0.2, 0.25) is 0 Å². The first-order valence-corrected chi connectivity index (χ1v) is 6.23. The molecule has 2 aromatic rings. The summed E-state index contributed by atoms with van der Waals surface area (Å²) >= 11 is 4.93. The highest BCUT2D eigenvalue weighted by molar-refractivity contribution is 7.80. The van der Waals surface area contributed by atoms with Crippen molar-refractivity contribution in [2.24, 2.45) is 5.73 Å². The van der Waals surface area contributed by atoms with Crippen molar-refractivity contribution in [3.05, 3.63) is 65.7 Å². The zero-order valence-corrected chi connectivity index (χ0v) is 10.8. The number of ether oxygens (including phenoxy) is 1. The smallest absolute Gasteiger partial charge is 0.120 e. The van der Waals surface area contributed by atoms with E-state index >= 15 is 0 Å². The minimum atomic E-state index is 0.392. The topological polar surface area (TPSA) is 35.2 Å². The fourth-order valence-corrected chi connectivity index (χ4v) is 1.80. The van der Waals surface area contributed by atoms with E-state index in [0.717, 1.165) is 17.7 Å². The molecule has 0 saturated carbocycles. The summed E-state index contributed by atoms with van der Waals surface area (Å²) < 4.78 is 5.69. The summed E-state index contributed by atoms with van der Waals surface area (Å²) in [6.45, 7) is 0.644. The van der Waals surface area contributed by atoms with Gasteiger partial charge in [-0.15, -0.1) is 0 Å². The van der Waals surface area contributed by atoms with Gasteiger partial charge >= 0.3 is 0 Å². The van der Waals surface area contributed by atoms with E-state index in [0.29, 0.717) is 11.6 Å². The average Bonchev–Trinajstić information content (AvgIpc) is 2.40. The van der Waals surface area contributed by atoms with Gasteiger partial charge in [0.05, 0.1) is 6.61 Å². The molecular formula is C15H15NOS. The quantitative estimate of drug-likeness (QED) is 0.836. The Morgan fingerprint density at radius 2 is 1.83 bits per heavy atom. The third kappa shape index (κ3) is 3.57. The molecule has 2 nitrogen and oxygen atoms in total. The molecule has 0 bridgehead atoms. The zero-order chi connectivity index (χ0) is 12.8. The van der Waals surface area contributed by atoms with Crippen molar-refractivity contribution in [2.45, 2.75) is 6.42 Å². The molecule has 0 saturated heterocycles. The van der Waals surface area contributed by atoms with Crippen LogP contribution in [0.15, 0.2) is 54.6 Å². The van der Waals surface area contributed by atoms with Crippen molar-refractivity contribution in [1.82, 2.24) is 0 Å². The summed E-state index contributed by atoms with van der Waals surface area (Å²) in [5.41, 5.74) is 7.68. The predicted octanol–water partition coefficient (Wildman–Crippen LogP) is 2.94. The maximum Gasteiger partial charge on any atom is 0.120 e. The van der Waals surface area contributed by atoms with Gasteiger partial charge in [-0.3, -0.25) is 0 Å². The molecule has 2 aromatic carbocycles. The van der Waals surface area contributed by atoms with Crippen molar-refractivity contribution in [1.29, 1.82) is 0 Å². The molecule has 0 unspecified atom stereocenters. The summed E-state index contributed by atoms with van der Waals surface area (Å²) in [5.74, 6) is 0.802. The van der Waals surface area contributed by atoms with E-state index in [4.69, 9.17) is 22.7 Å². The van der Waals surface area contributed by atoms with Crippen molar-refractivity contribution < 1.29 is 4.74 Å². The summed E-state index contributed by atoms with van der Waals surface area (Å²) in [5, 5.41) is 0. The van der Waals surface area contributed by atoms with Crippen LogP contribution in [0, 0.1) is 0 Å². The van der Waals surface area contributed by atoms with Gasteiger partial charge in [-0.25, -0.2) is 0 Å². The lowest BCUT2D eigenvalue weighted by Crippen LogP contribution is -2.09. The standard InChI is InChI=1S/C15H15NOS/c16-15(18)13-7-4-8-14(11-13)17-10-9-12-5-2-1-3-6-12/h1-8,11H,9-10H2,(H2,16,18). The Labute approximate surface area is 112 Å². The SMILES string of the molecule is NC(=S)c1cccc(OCCc2ccccc2)c1. The Balaban J connectivity index is 1.90. The third-order valence-electron chi connectivity index (χ3n) is 2.62. The van der Waals surface area contributed by atoms with E-state index in [-0.39, 0.29) is 0 Å². The van der Waals surface area contributed by atoms with Crippen molar-refractivity contribution in [3.63, 3.8) is 0 Å². The second kappa shape index (κ2) is 6.17. The highest BCUT2D eigenvalue weighted by Crippen LogP contribution is 2.13. The highest BCUT2D eigenvalue weighted by atomic mass is 32.1. The Hall–Kier alpha value is -1.87. The zero-order valence-electron chi connectivity index (χ0n) is 10.0. The molecule has 0 spiro atoms. The monoisotopic (exact) mass is 257 g/mol. The van der Waals surface area contributed by atoms with E-state index in [9.17, 15) is 0 Å². The molecule has 0 aliphatic carbocycles. The molecule has 0 radical (unpaired) electrons. The Kier molecular flexibility index (Phi) is 4.31. The van der Waals surface area contributed by atoms with Crippen molar-refractivity contribution >= 4 is 17.2 Å². The largest absolute Gasteiger partial charge is 0.493 e. The molecule has 0 aliphatic heterocycles. The van der Waals surface area contributed by atoms with Crippen molar-refractivity contribution in [3.8, 4) is 5.75 Å². The summed E-state index contributed by atoms with van der Waals surface area (Å²) in [7, 11) is 0. The molecule has 0 heterocycles. The average molecular weight is 257 g/mol. The number of rotatable bonds is 5. The van der Waals surface area contributed by atoms with Crippen LogP contribution in [0.4, 0.5) is 0 Å². The minimum Gasteiger partial charge on any atom is -0.493 e. The van der Waals surface area contributed by atoms with Gasteiger partial charge in [-0.05, 0) is 17.7 Å². The number of nitrogens with two attached hydrogens (primary N) is 1. The van der Waals surface area contributed by atoms with Gasteiger partial charge in [-0.1, -0.05) is 54.7 Å². The molecule has 0 amide bonds. The number of hydrogen-bond donors (Lipinski definition) is 1. The Bertz CT molecular complexity index is 525. The molecule has 2 rings (SSSR count). The third-order valence-corrected chi connectivity index (χ3v) is 2.86. The van der Waals surface area contributed by atoms with E-state index in [1.807, 2.05) is 42.5 Å². The van der Waals surface area contributed by atoms with E-state index in [1.165, 1.54) is 5.56 Å². The summed E-state index contributed by atoms with van der Waals surface area (Å²) in [6.07, 6.45) is 0.887. The van der Waals surface area contributed by atoms with Gasteiger partial charge in [-0.2, -0.15) is 0 Å². The lowest BCUT2D eigenvalue weighted by molar-refractivity contribution is 0.322. The molecular weight excluding hydrogens is 242 g/mol. The maximum atomic E-state index is 5.69. The molecule has 0 aliphatic rings. The van der Waals surface area contributed by atoms with Crippen molar-refractivity contribution in [2.75, 3.05) is 6.61 Å². The molecule has 0 atom stereocenters. The van der Waals surface area contributed by atoms with Gasteiger partial charge in [0.25, 0.3) is 0 Å². The van der Waals surface area contributed by atoms with Crippen LogP contribution in [0.1, 0.15) is 11.1 Å². The van der Waals surface area contributed by atoms with Gasteiger partial charge in [0.2, 0.25) is 0 Å². The van der Waals surface area contributed by atoms with Crippen LogP contribution in [0.3, 0.4) is 0 Å². The lowest BCUT2D eigenvalue weighted by atomic mass is 10.2. The van der Waals surface area contributed by atoms with Crippen LogP contribution in [-0.4, -0.2) is 11.6 Å². The van der Waals surface area contributed by atoms with E-state index < -0.39 is 0 Å². The predicted molar refractivity (Wildman–Crippen MR) is 78.0 cm³/mol. The van der Waals surface area contributed by atoms with Gasteiger partial charge in [0.1, 0.15) is 10.7 Å². The lowest BCUT2D eigenvalue weighted by Gasteiger charge is -2.07. The first-order valence-electron chi connectivity index (χ1n) is 5.82. The summed E-state index contributed by atoms with van der Waals surface area (Å²) in [4.78, 5) is 0.392. The van der Waals surface area contributed by atoms with Crippen LogP contribution in [0.25, 0.3) is 0 Å². The van der Waals surface area contributed by atoms with Gasteiger partial charge in [0.15, 0.2) is 0 Å². The van der Waals surface area contributed by atoms with E-state index in [2.05, 4.69) is 12.1 Å². The van der Waals surface area contributed by atoms with E-state index in [1.54, 1.807) is 0 Å². The van der Waals surface area contributed by atoms with Gasteiger partial charge in [0, 0.05) is 12.0 Å². The molecule has 2 N–H and O–H groups in total. The normalized spacial score (nSPS) is 10.0. The van der Waals surface area contributed by atoms with Crippen LogP contribution < -0.4 is 10.5 Å². The van der Waals surface area contributed by atoms with Crippen LogP contribution in [0.5, 0.6) is 5.75 Å². The number of hydrogen-bond acceptors (Lipinski definition) is 2. The van der Waals surface area contributed by atoms with Crippen LogP contribution >= 0.6 is 12.2 Å². The molecule has 3 heteroatoms. The molecule has 92 valence electrons. The first-order chi connectivity index (χ1) is 8.75. The number of thiocarbonyl (C=S) groups is 1. The Morgan fingerprint density at radius 1 is 1.06 bits per heavy atom. The maximum absolute atomic E-state index is 5.69. The first kappa shape index (κ1) is 12.6. The fraction of sp³-hybridized carbons (Fsp3) is 0.133. The fourth-order valence-electron chi connectivity index (χ4n) is 1.67. The second-order valence-electron chi connectivity index (χ2n) is 3.98. The highest BCUT2D eigenvalue weighted by Gasteiger charge is 1.99. The number of benzene rings is 2. The molecule has 0 aromatic heterocycles. The second-order valence-corrected chi connectivity index (χ2v) is 4.42. The van der Waals surface area contributed by atoms with Crippen LogP contribution in [-0.2, 0) is 6.42 Å². The molecule has 0 fully saturated rings.